The van der Waals surface area contributed by atoms with Crippen LogP contribution in [0.5, 0.6) is 0 Å². The van der Waals surface area contributed by atoms with Crippen molar-refractivity contribution in [2.24, 2.45) is 0 Å². The molecule has 6 heteroatoms. The van der Waals surface area contributed by atoms with Crippen LogP contribution < -0.4 is 5.32 Å². The highest BCUT2D eigenvalue weighted by atomic mass is 79.9. The van der Waals surface area contributed by atoms with Crippen LogP contribution in [-0.2, 0) is 5.54 Å². The average Bonchev–Trinajstić information content (AvgIpc) is 2.97. The molecule has 2 heterocycles. The third kappa shape index (κ3) is 2.16. The number of thioether (sulfide) groups is 1. The predicted molar refractivity (Wildman–Crippen MR) is 89.6 cm³/mol. The highest BCUT2D eigenvalue weighted by Crippen LogP contribution is 2.41. The van der Waals surface area contributed by atoms with Crippen molar-refractivity contribution in [2.45, 2.75) is 5.54 Å². The Labute approximate surface area is 134 Å². The summed E-state index contributed by atoms with van der Waals surface area (Å²) in [6.07, 6.45) is 1.64. The zero-order chi connectivity index (χ0) is 13.5. The second-order valence-corrected chi connectivity index (χ2v) is 7.31. The van der Waals surface area contributed by atoms with Crippen molar-refractivity contribution in [1.29, 1.82) is 0 Å². The van der Waals surface area contributed by atoms with E-state index in [0.29, 0.717) is 4.32 Å². The summed E-state index contributed by atoms with van der Waals surface area (Å²) in [5.74, 6) is 0.753. The van der Waals surface area contributed by atoms with Crippen LogP contribution in [-0.4, -0.2) is 8.52 Å². The lowest BCUT2D eigenvalue weighted by Gasteiger charge is -2.27. The van der Waals surface area contributed by atoms with E-state index in [-0.39, 0.29) is 0 Å². The zero-order valence-electron chi connectivity index (χ0n) is 9.55. The molecule has 1 N–H and O–H groups in total. The van der Waals surface area contributed by atoms with Crippen LogP contribution >= 0.6 is 52.1 Å². The second kappa shape index (κ2) is 5.01. The first-order chi connectivity index (χ1) is 9.13. The molecule has 1 fully saturated rings. The molecule has 1 atom stereocenters. The lowest BCUT2D eigenvalue weighted by atomic mass is 9.89. The molecule has 96 valence electrons. The molecule has 1 aromatic heterocycles. The van der Waals surface area contributed by atoms with Crippen LogP contribution in [0.25, 0.3) is 0 Å². The van der Waals surface area contributed by atoms with E-state index in [0.717, 1.165) is 20.0 Å². The number of nitrogens with one attached hydrogen (secondary N) is 1. The van der Waals surface area contributed by atoms with Gasteiger partial charge >= 0.3 is 0 Å². The molecule has 2 aromatic rings. The van der Waals surface area contributed by atoms with Gasteiger partial charge in [-0.3, -0.25) is 0 Å². The number of halogens is 1. The number of rotatable bonds is 2. The van der Waals surface area contributed by atoms with Crippen LogP contribution in [0.2, 0.25) is 0 Å². The Morgan fingerprint density at radius 3 is 2.63 bits per heavy atom. The van der Waals surface area contributed by atoms with E-state index in [1.165, 1.54) is 11.8 Å². The normalized spacial score (nSPS) is 22.6. The number of hydrogen-bond donors (Lipinski definition) is 1. The molecule has 0 spiro atoms. The maximum absolute atomic E-state index is 5.60. The summed E-state index contributed by atoms with van der Waals surface area (Å²) in [5.41, 5.74) is 0.346. The molecule has 1 saturated heterocycles. The Bertz CT molecular complexity index is 656. The number of thiocarbonyl (C=S) groups is 2. The van der Waals surface area contributed by atoms with Gasteiger partial charge in [-0.25, -0.2) is 0 Å². The minimum absolute atomic E-state index is 0.662. The maximum atomic E-state index is 5.60. The Morgan fingerprint density at radius 1 is 1.21 bits per heavy atom. The Morgan fingerprint density at radius 2 is 2.05 bits per heavy atom. The van der Waals surface area contributed by atoms with Gasteiger partial charge in [0.1, 0.15) is 10.1 Å². The van der Waals surface area contributed by atoms with Gasteiger partial charge in [-0.05, 0) is 41.6 Å². The first-order valence-corrected chi connectivity index (χ1v) is 7.90. The van der Waals surface area contributed by atoms with Gasteiger partial charge in [0.2, 0.25) is 0 Å². The molecule has 0 bridgehead atoms. The smallest absolute Gasteiger partial charge is 0.164 e. The van der Waals surface area contributed by atoms with Crippen molar-refractivity contribution in [3.63, 3.8) is 0 Å². The minimum atomic E-state index is -0.662. The third-order valence-electron chi connectivity index (χ3n) is 2.93. The van der Waals surface area contributed by atoms with Gasteiger partial charge in [-0.2, -0.15) is 0 Å². The van der Waals surface area contributed by atoms with E-state index in [1.54, 1.807) is 6.26 Å². The van der Waals surface area contributed by atoms with Crippen molar-refractivity contribution in [2.75, 3.05) is 0 Å². The van der Waals surface area contributed by atoms with Gasteiger partial charge in [0.15, 0.2) is 5.54 Å². The fourth-order valence-electron chi connectivity index (χ4n) is 2.10. The summed E-state index contributed by atoms with van der Waals surface area (Å²) in [4.78, 5) is 0. The molecular formula is C13H8BrNOS3. The number of hydrogen-bond acceptors (Lipinski definition) is 4. The van der Waals surface area contributed by atoms with E-state index in [2.05, 4.69) is 21.2 Å². The van der Waals surface area contributed by atoms with E-state index < -0.39 is 5.54 Å². The third-order valence-corrected chi connectivity index (χ3v) is 5.11. The molecule has 1 unspecified atom stereocenters. The molecule has 0 saturated carbocycles. The minimum Gasteiger partial charge on any atom is -0.466 e. The van der Waals surface area contributed by atoms with E-state index in [1.807, 2.05) is 36.4 Å². The van der Waals surface area contributed by atoms with E-state index in [4.69, 9.17) is 28.9 Å². The predicted octanol–water partition coefficient (Wildman–Crippen LogP) is 4.23. The first kappa shape index (κ1) is 13.3. The number of benzene rings is 1. The molecular weight excluding hydrogens is 362 g/mol. The number of furan rings is 1. The van der Waals surface area contributed by atoms with Crippen molar-refractivity contribution in [3.05, 3.63) is 58.5 Å². The highest BCUT2D eigenvalue weighted by molar-refractivity contribution is 9.10. The van der Waals surface area contributed by atoms with Gasteiger partial charge in [0, 0.05) is 4.47 Å². The summed E-state index contributed by atoms with van der Waals surface area (Å²) in [7, 11) is 0. The van der Waals surface area contributed by atoms with Gasteiger partial charge in [-0.1, -0.05) is 52.5 Å². The van der Waals surface area contributed by atoms with Crippen LogP contribution in [0.15, 0.2) is 51.6 Å². The molecule has 3 rings (SSSR count). The van der Waals surface area contributed by atoms with Crippen LogP contribution in [0, 0.1) is 0 Å². The molecule has 2 nitrogen and oxygen atoms in total. The summed E-state index contributed by atoms with van der Waals surface area (Å²) in [6, 6.07) is 11.8. The molecule has 1 aromatic carbocycles. The van der Waals surface area contributed by atoms with Crippen molar-refractivity contribution in [1.82, 2.24) is 5.32 Å². The SMILES string of the molecule is S=C1NC(c2cccc(Br)c2)(c2ccco2)C(=S)S1. The quantitative estimate of drug-likeness (QED) is 0.798. The molecule has 0 amide bonds. The zero-order valence-corrected chi connectivity index (χ0v) is 13.6. The molecule has 1 aliphatic heterocycles. The maximum Gasteiger partial charge on any atom is 0.164 e. The second-order valence-electron chi connectivity index (χ2n) is 4.04. The largest absolute Gasteiger partial charge is 0.466 e. The van der Waals surface area contributed by atoms with Gasteiger partial charge < -0.3 is 9.73 Å². The van der Waals surface area contributed by atoms with Crippen LogP contribution in [0.4, 0.5) is 0 Å². The molecule has 19 heavy (non-hydrogen) atoms. The standard InChI is InChI=1S/C13H8BrNOS3/c14-9-4-1-3-8(7-9)13(10-5-2-6-16-10)11(17)19-12(18)15-13/h1-7H,(H,15,18). The van der Waals surface area contributed by atoms with E-state index in [9.17, 15) is 0 Å². The summed E-state index contributed by atoms with van der Waals surface area (Å²) < 4.78 is 8.01. The first-order valence-electron chi connectivity index (χ1n) is 5.47. The van der Waals surface area contributed by atoms with Crippen LogP contribution in [0.3, 0.4) is 0 Å². The van der Waals surface area contributed by atoms with Crippen molar-refractivity contribution >= 4 is 60.6 Å². The molecule has 0 aliphatic carbocycles. The lowest BCUT2D eigenvalue weighted by molar-refractivity contribution is 0.445. The average molecular weight is 370 g/mol. The Kier molecular flexibility index (Phi) is 3.51. The Balaban J connectivity index is 2.23. The lowest BCUT2D eigenvalue weighted by Crippen LogP contribution is -2.43. The fraction of sp³-hybridized carbons (Fsp3) is 0.0769. The van der Waals surface area contributed by atoms with E-state index >= 15 is 0 Å². The highest BCUT2D eigenvalue weighted by Gasteiger charge is 2.47. The monoisotopic (exact) mass is 369 g/mol. The molecule has 1 aliphatic rings. The molecule has 0 radical (unpaired) electrons. The van der Waals surface area contributed by atoms with Crippen molar-refractivity contribution in [3.8, 4) is 0 Å². The van der Waals surface area contributed by atoms with Gasteiger partial charge in [-0.15, -0.1) is 0 Å². The van der Waals surface area contributed by atoms with Crippen LogP contribution in [0.1, 0.15) is 11.3 Å². The van der Waals surface area contributed by atoms with Gasteiger partial charge in [0.05, 0.1) is 10.5 Å². The topological polar surface area (TPSA) is 25.2 Å². The fourth-order valence-corrected chi connectivity index (χ4v) is 4.37. The van der Waals surface area contributed by atoms with Gasteiger partial charge in [0.25, 0.3) is 0 Å². The summed E-state index contributed by atoms with van der Waals surface area (Å²) in [5, 5.41) is 3.30. The van der Waals surface area contributed by atoms with Crippen molar-refractivity contribution < 1.29 is 4.42 Å². The summed E-state index contributed by atoms with van der Waals surface area (Å²) in [6.45, 7) is 0. The summed E-state index contributed by atoms with van der Waals surface area (Å²) >= 11 is 15.7. The Hall–Kier alpha value is -0.690.